The van der Waals surface area contributed by atoms with Gasteiger partial charge in [-0.25, -0.2) is 18.0 Å². The summed E-state index contributed by atoms with van der Waals surface area (Å²) in [5, 5.41) is 12.0. The van der Waals surface area contributed by atoms with Crippen molar-refractivity contribution in [2.75, 3.05) is 5.43 Å². The number of benzene rings is 1. The third-order valence-corrected chi connectivity index (χ3v) is 1.89. The summed E-state index contributed by atoms with van der Waals surface area (Å²) in [6, 6.07) is 1.05. The first-order valence-corrected chi connectivity index (χ1v) is 4.66. The van der Waals surface area contributed by atoms with Crippen molar-refractivity contribution in [1.29, 1.82) is 0 Å². The number of nitrogens with one attached hydrogen (secondary N) is 1. The summed E-state index contributed by atoms with van der Waals surface area (Å²) < 4.78 is 38.7. The highest BCUT2D eigenvalue weighted by atomic mass is 19.2. The molecule has 0 saturated carbocycles. The fourth-order valence-electron chi connectivity index (χ4n) is 1.04. The Labute approximate surface area is 94.8 Å². The molecule has 92 valence electrons. The van der Waals surface area contributed by atoms with Gasteiger partial charge in [0, 0.05) is 12.1 Å². The van der Waals surface area contributed by atoms with Gasteiger partial charge >= 0.3 is 5.97 Å². The maximum absolute atomic E-state index is 13.1. The summed E-state index contributed by atoms with van der Waals surface area (Å²) in [6.45, 7) is 1.52. The number of carboxylic acids is 1. The van der Waals surface area contributed by atoms with E-state index in [0.29, 0.717) is 12.1 Å². The van der Waals surface area contributed by atoms with Crippen LogP contribution in [0.5, 0.6) is 0 Å². The smallest absolute Gasteiger partial charge is 0.352 e. The Morgan fingerprint density at radius 2 is 2.06 bits per heavy atom. The van der Waals surface area contributed by atoms with Gasteiger partial charge in [-0.05, 0) is 6.42 Å². The van der Waals surface area contributed by atoms with E-state index in [9.17, 15) is 18.0 Å². The van der Waals surface area contributed by atoms with Gasteiger partial charge in [-0.2, -0.15) is 5.10 Å². The fraction of sp³-hybridized carbons (Fsp3) is 0.200. The summed E-state index contributed by atoms with van der Waals surface area (Å²) in [4.78, 5) is 10.6. The number of hydrogen-bond donors (Lipinski definition) is 2. The zero-order valence-electron chi connectivity index (χ0n) is 8.80. The van der Waals surface area contributed by atoms with E-state index in [1.165, 1.54) is 6.92 Å². The SMILES string of the molecule is CCC(=NNc1cc(F)cc(F)c1F)C(=O)O. The predicted octanol–water partition coefficient (Wildman–Crippen LogP) is 2.37. The molecular weight excluding hydrogens is 237 g/mol. The van der Waals surface area contributed by atoms with Crippen LogP contribution in [-0.4, -0.2) is 16.8 Å². The zero-order valence-corrected chi connectivity index (χ0v) is 8.80. The summed E-state index contributed by atoms with van der Waals surface area (Å²) >= 11 is 0. The first-order valence-electron chi connectivity index (χ1n) is 4.66. The van der Waals surface area contributed by atoms with E-state index in [1.54, 1.807) is 0 Å². The van der Waals surface area contributed by atoms with Gasteiger partial charge in [0.1, 0.15) is 11.5 Å². The molecule has 1 rings (SSSR count). The van der Waals surface area contributed by atoms with Gasteiger partial charge in [0.2, 0.25) is 0 Å². The minimum absolute atomic E-state index is 0.0851. The average molecular weight is 246 g/mol. The second-order valence-electron chi connectivity index (χ2n) is 3.08. The van der Waals surface area contributed by atoms with E-state index >= 15 is 0 Å². The Kier molecular flexibility index (Phi) is 4.08. The number of rotatable bonds is 4. The molecule has 0 bridgehead atoms. The molecule has 0 aliphatic rings. The Balaban J connectivity index is 3.00. The zero-order chi connectivity index (χ0) is 13.0. The lowest BCUT2D eigenvalue weighted by Crippen LogP contribution is -2.14. The lowest BCUT2D eigenvalue weighted by molar-refractivity contribution is -0.129. The fourth-order valence-corrected chi connectivity index (χ4v) is 1.04. The molecule has 17 heavy (non-hydrogen) atoms. The van der Waals surface area contributed by atoms with Crippen LogP contribution >= 0.6 is 0 Å². The lowest BCUT2D eigenvalue weighted by atomic mass is 10.3. The van der Waals surface area contributed by atoms with Crippen LogP contribution in [0.2, 0.25) is 0 Å². The number of carbonyl (C=O) groups is 1. The molecular formula is C10H9F3N2O2. The van der Waals surface area contributed by atoms with E-state index in [2.05, 4.69) is 5.10 Å². The molecule has 0 aliphatic carbocycles. The molecule has 0 amide bonds. The molecule has 0 heterocycles. The van der Waals surface area contributed by atoms with Crippen LogP contribution in [-0.2, 0) is 4.79 Å². The highest BCUT2D eigenvalue weighted by Crippen LogP contribution is 2.19. The molecule has 0 spiro atoms. The van der Waals surface area contributed by atoms with E-state index < -0.39 is 29.1 Å². The van der Waals surface area contributed by atoms with Gasteiger partial charge in [0.15, 0.2) is 11.6 Å². The standard InChI is InChI=1S/C10H9F3N2O2/c1-2-7(10(16)17)14-15-8-4-5(11)3-6(12)9(8)13/h3-4,15H,2H2,1H3,(H,16,17). The normalized spacial score (nSPS) is 11.4. The maximum Gasteiger partial charge on any atom is 0.352 e. The van der Waals surface area contributed by atoms with Crippen LogP contribution < -0.4 is 5.43 Å². The molecule has 0 unspecified atom stereocenters. The van der Waals surface area contributed by atoms with Crippen molar-refractivity contribution in [2.24, 2.45) is 5.10 Å². The first-order chi connectivity index (χ1) is 7.95. The summed E-state index contributed by atoms with van der Waals surface area (Å²) in [6.07, 6.45) is 0.0851. The largest absolute Gasteiger partial charge is 0.477 e. The number of aliphatic carboxylic acids is 1. The molecule has 2 N–H and O–H groups in total. The number of hydrogen-bond acceptors (Lipinski definition) is 3. The van der Waals surface area contributed by atoms with Gasteiger partial charge in [-0.15, -0.1) is 0 Å². The number of halogens is 3. The van der Waals surface area contributed by atoms with Crippen LogP contribution in [0.15, 0.2) is 17.2 Å². The Hall–Kier alpha value is -2.05. The van der Waals surface area contributed by atoms with E-state index in [0.717, 1.165) is 0 Å². The number of hydrazone groups is 1. The van der Waals surface area contributed by atoms with Gasteiger partial charge < -0.3 is 5.11 Å². The predicted molar refractivity (Wildman–Crippen MR) is 55.3 cm³/mol. The summed E-state index contributed by atoms with van der Waals surface area (Å²) in [5.41, 5.74) is 1.14. The molecule has 0 aromatic heterocycles. The van der Waals surface area contributed by atoms with Crippen molar-refractivity contribution in [1.82, 2.24) is 0 Å². The maximum atomic E-state index is 13.1. The van der Waals surface area contributed by atoms with Gasteiger partial charge in [0.25, 0.3) is 0 Å². The molecule has 0 radical (unpaired) electrons. The average Bonchev–Trinajstić information content (AvgIpc) is 2.25. The second-order valence-corrected chi connectivity index (χ2v) is 3.08. The third-order valence-electron chi connectivity index (χ3n) is 1.89. The van der Waals surface area contributed by atoms with Crippen LogP contribution in [0.3, 0.4) is 0 Å². The lowest BCUT2D eigenvalue weighted by Gasteiger charge is -2.04. The number of nitrogens with zero attached hydrogens (tertiary/aromatic N) is 1. The Morgan fingerprint density at radius 1 is 1.41 bits per heavy atom. The molecule has 1 aromatic carbocycles. The number of carboxylic acid groups (broad SMARTS) is 1. The van der Waals surface area contributed by atoms with E-state index in [-0.39, 0.29) is 12.1 Å². The summed E-state index contributed by atoms with van der Waals surface area (Å²) in [7, 11) is 0. The topological polar surface area (TPSA) is 61.7 Å². The molecule has 0 fully saturated rings. The minimum Gasteiger partial charge on any atom is -0.477 e. The molecule has 7 heteroatoms. The van der Waals surface area contributed by atoms with Crippen molar-refractivity contribution in [3.63, 3.8) is 0 Å². The van der Waals surface area contributed by atoms with Crippen molar-refractivity contribution in [3.05, 3.63) is 29.6 Å². The van der Waals surface area contributed by atoms with Crippen molar-refractivity contribution < 1.29 is 23.1 Å². The second kappa shape index (κ2) is 5.33. The van der Waals surface area contributed by atoms with Crippen molar-refractivity contribution in [3.8, 4) is 0 Å². The quantitative estimate of drug-likeness (QED) is 0.487. The van der Waals surface area contributed by atoms with Crippen LogP contribution in [0.1, 0.15) is 13.3 Å². The van der Waals surface area contributed by atoms with Crippen LogP contribution in [0.25, 0.3) is 0 Å². The van der Waals surface area contributed by atoms with Crippen LogP contribution in [0.4, 0.5) is 18.9 Å². The molecule has 0 aliphatic heterocycles. The van der Waals surface area contributed by atoms with Crippen LogP contribution in [0, 0.1) is 17.5 Å². The van der Waals surface area contributed by atoms with E-state index in [1.807, 2.05) is 5.43 Å². The van der Waals surface area contributed by atoms with Gasteiger partial charge in [-0.1, -0.05) is 6.92 Å². The molecule has 4 nitrogen and oxygen atoms in total. The van der Waals surface area contributed by atoms with E-state index in [4.69, 9.17) is 5.11 Å². The van der Waals surface area contributed by atoms with Crippen molar-refractivity contribution >= 4 is 17.4 Å². The molecule has 0 saturated heterocycles. The third kappa shape index (κ3) is 3.20. The Bertz CT molecular complexity index is 475. The Morgan fingerprint density at radius 3 is 2.59 bits per heavy atom. The van der Waals surface area contributed by atoms with Gasteiger partial charge in [0.05, 0.1) is 5.69 Å². The van der Waals surface area contributed by atoms with Gasteiger partial charge in [-0.3, -0.25) is 5.43 Å². The molecule has 1 aromatic rings. The molecule has 0 atom stereocenters. The highest BCUT2D eigenvalue weighted by Gasteiger charge is 2.12. The highest BCUT2D eigenvalue weighted by molar-refractivity contribution is 6.35. The number of anilines is 1. The monoisotopic (exact) mass is 246 g/mol. The summed E-state index contributed by atoms with van der Waals surface area (Å²) in [5.74, 6) is -4.99. The van der Waals surface area contributed by atoms with Crippen molar-refractivity contribution in [2.45, 2.75) is 13.3 Å². The first kappa shape index (κ1) is 13.0. The minimum atomic E-state index is -1.38.